The standard InChI is InChI=1S/C54H69N9O6/c1-32(2)48(59-53(66)68-6)51(64)61-28-8-10-44(61)34(5)56-30-42(55)37-14-18-39(19-15-37)45-26-27-46(63(45)41-24-22-36(23-25-41)35-12-13-35)40-20-16-38(17-21-40)43-31-57-50(58-43)47-11-9-29-62(47)52(65)49(33(3)4)60-54(67)69-7/h14-25,30-33,35,44-49,56H,5,8-13,26-29,55H2,1-4,6-7H3,(H,57,58)(H,59,66)(H,60,67)/b42-30-/t44-,45-,46-,47-,48-,49-/m0/s1. The molecule has 1 aromatic heterocycles. The summed E-state index contributed by atoms with van der Waals surface area (Å²) in [5.74, 6) is 0.879. The second-order valence-corrected chi connectivity index (χ2v) is 19.7. The highest BCUT2D eigenvalue weighted by molar-refractivity contribution is 5.87. The maximum Gasteiger partial charge on any atom is 0.407 e. The van der Waals surface area contributed by atoms with Crippen molar-refractivity contribution in [1.82, 2.24) is 35.7 Å². The van der Waals surface area contributed by atoms with E-state index in [0.717, 1.165) is 61.2 Å². The predicted molar refractivity (Wildman–Crippen MR) is 267 cm³/mol. The van der Waals surface area contributed by atoms with Crippen LogP contribution in [0.4, 0.5) is 15.3 Å². The first-order valence-electron chi connectivity index (χ1n) is 24.6. The first kappa shape index (κ1) is 48.7. The smallest absolute Gasteiger partial charge is 0.407 e. The van der Waals surface area contributed by atoms with E-state index in [2.05, 4.69) is 105 Å². The average Bonchev–Trinajstić information content (AvgIpc) is 3.79. The Labute approximate surface area is 406 Å². The van der Waals surface area contributed by atoms with Gasteiger partial charge in [0.25, 0.3) is 0 Å². The number of nitrogens with two attached hydrogens (primary N) is 1. The maximum absolute atomic E-state index is 13.7. The number of hydrogen-bond donors (Lipinski definition) is 5. The minimum atomic E-state index is -0.708. The summed E-state index contributed by atoms with van der Waals surface area (Å²) < 4.78 is 9.59. The number of ether oxygens (including phenoxy) is 2. The van der Waals surface area contributed by atoms with Crippen molar-refractivity contribution in [2.45, 2.75) is 121 Å². The van der Waals surface area contributed by atoms with E-state index in [-0.39, 0.29) is 47.8 Å². The summed E-state index contributed by atoms with van der Waals surface area (Å²) in [6.07, 6.45) is 10.1. The fraction of sp³-hybridized carbons (Fsp3) is 0.463. The zero-order valence-electron chi connectivity index (χ0n) is 40.9. The summed E-state index contributed by atoms with van der Waals surface area (Å²) in [4.78, 5) is 66.0. The summed E-state index contributed by atoms with van der Waals surface area (Å²) in [6, 6.07) is 24.8. The van der Waals surface area contributed by atoms with Crippen LogP contribution < -0.4 is 26.6 Å². The molecule has 0 bridgehead atoms. The molecule has 4 fully saturated rings. The first-order chi connectivity index (χ1) is 33.3. The number of anilines is 1. The van der Waals surface area contributed by atoms with Gasteiger partial charge in [0.15, 0.2) is 0 Å². The Morgan fingerprint density at radius 2 is 1.25 bits per heavy atom. The Morgan fingerprint density at radius 1 is 0.710 bits per heavy atom. The summed E-state index contributed by atoms with van der Waals surface area (Å²) in [6.45, 7) is 13.1. The predicted octanol–water partition coefficient (Wildman–Crippen LogP) is 8.81. The molecule has 8 rings (SSSR count). The highest BCUT2D eigenvalue weighted by atomic mass is 16.5. The Hall–Kier alpha value is -6.77. The number of rotatable bonds is 16. The fourth-order valence-electron chi connectivity index (χ4n) is 10.4. The van der Waals surface area contributed by atoms with Crippen LogP contribution in [0.5, 0.6) is 0 Å². The number of H-pyrrole nitrogens is 1. The molecule has 6 N–H and O–H groups in total. The van der Waals surface area contributed by atoms with Crippen LogP contribution in [0.1, 0.15) is 131 Å². The number of carbonyl (C=O) groups excluding carboxylic acids is 4. The molecule has 6 atom stereocenters. The van der Waals surface area contributed by atoms with E-state index in [9.17, 15) is 19.2 Å². The van der Waals surface area contributed by atoms with Crippen molar-refractivity contribution in [2.75, 3.05) is 32.2 Å². The number of imidazole rings is 1. The Kier molecular flexibility index (Phi) is 15.0. The molecule has 4 aliphatic rings. The molecule has 0 unspecified atom stereocenters. The molecule has 3 saturated heterocycles. The molecule has 69 heavy (non-hydrogen) atoms. The number of likely N-dealkylation sites (tertiary alicyclic amines) is 2. The number of nitrogens with one attached hydrogen (secondary N) is 4. The molecule has 15 nitrogen and oxygen atoms in total. The number of amides is 4. The van der Waals surface area contributed by atoms with Gasteiger partial charge in [0, 0.05) is 42.4 Å². The quantitative estimate of drug-likeness (QED) is 0.0727. The van der Waals surface area contributed by atoms with Crippen LogP contribution in [-0.4, -0.2) is 89.2 Å². The second-order valence-electron chi connectivity index (χ2n) is 19.7. The molecule has 1 aliphatic carbocycles. The van der Waals surface area contributed by atoms with Gasteiger partial charge >= 0.3 is 12.2 Å². The molecule has 0 spiro atoms. The van der Waals surface area contributed by atoms with Gasteiger partial charge in [0.2, 0.25) is 11.8 Å². The van der Waals surface area contributed by atoms with E-state index in [0.29, 0.717) is 30.4 Å². The molecule has 4 aromatic rings. The van der Waals surface area contributed by atoms with Crippen molar-refractivity contribution >= 4 is 35.4 Å². The van der Waals surface area contributed by atoms with Gasteiger partial charge in [-0.05, 0) is 104 Å². The summed E-state index contributed by atoms with van der Waals surface area (Å²) in [5.41, 5.74) is 15.6. The van der Waals surface area contributed by atoms with Crippen molar-refractivity contribution in [1.29, 1.82) is 0 Å². The van der Waals surface area contributed by atoms with Crippen LogP contribution in [0.25, 0.3) is 17.0 Å². The van der Waals surface area contributed by atoms with E-state index < -0.39 is 24.3 Å². The minimum absolute atomic E-state index is 0.111. The molecule has 366 valence electrons. The number of aromatic amines is 1. The molecule has 4 heterocycles. The van der Waals surface area contributed by atoms with Crippen molar-refractivity contribution in [2.24, 2.45) is 17.6 Å². The molecule has 4 amide bonds. The van der Waals surface area contributed by atoms with Crippen LogP contribution in [-0.2, 0) is 19.1 Å². The maximum atomic E-state index is 13.7. The molecular formula is C54H69N9O6. The second kappa shape index (κ2) is 21.3. The summed E-state index contributed by atoms with van der Waals surface area (Å²) in [5, 5.41) is 8.71. The molecule has 1 saturated carbocycles. The summed E-state index contributed by atoms with van der Waals surface area (Å²) in [7, 11) is 2.59. The van der Waals surface area contributed by atoms with E-state index in [1.54, 1.807) is 11.1 Å². The van der Waals surface area contributed by atoms with Gasteiger partial charge in [-0.25, -0.2) is 14.6 Å². The van der Waals surface area contributed by atoms with Gasteiger partial charge < -0.3 is 50.8 Å². The molecule has 0 radical (unpaired) electrons. The number of nitrogens with zero attached hydrogens (tertiary/aromatic N) is 4. The highest BCUT2D eigenvalue weighted by Gasteiger charge is 2.40. The van der Waals surface area contributed by atoms with E-state index >= 15 is 0 Å². The zero-order valence-corrected chi connectivity index (χ0v) is 40.9. The highest BCUT2D eigenvalue weighted by Crippen LogP contribution is 2.48. The van der Waals surface area contributed by atoms with Crippen LogP contribution in [0, 0.1) is 11.8 Å². The topological polar surface area (TPSA) is 187 Å². The van der Waals surface area contributed by atoms with Crippen molar-refractivity contribution in [3.8, 4) is 11.3 Å². The Morgan fingerprint density at radius 3 is 1.81 bits per heavy atom. The third-order valence-corrected chi connectivity index (χ3v) is 14.4. The lowest BCUT2D eigenvalue weighted by molar-refractivity contribution is -0.136. The number of benzene rings is 3. The van der Waals surface area contributed by atoms with Crippen LogP contribution in [0.2, 0.25) is 0 Å². The number of aromatic nitrogens is 2. The molecule has 15 heteroatoms. The number of alkyl carbamates (subject to hydrolysis) is 2. The minimum Gasteiger partial charge on any atom is -0.453 e. The first-order valence-corrected chi connectivity index (χ1v) is 24.6. The SMILES string of the molecule is C=C(N/C=C(\N)c1ccc([C@@H]2CC[C@@H](c3ccc(-c4c[nH]c([C@@H]5CCCN5C(=O)[C@@H](NC(=O)OC)C(C)C)n4)cc3)N2c2ccc(C3CC3)cc2)cc1)[C@@H]1CCCN1C(=O)[C@@H](NC(=O)OC)C(C)C. The zero-order chi connectivity index (χ0) is 48.9. The Balaban J connectivity index is 0.959. The molecular weight excluding hydrogens is 871 g/mol. The van der Waals surface area contributed by atoms with Crippen molar-refractivity contribution < 1.29 is 28.7 Å². The van der Waals surface area contributed by atoms with Crippen molar-refractivity contribution in [3.05, 3.63) is 126 Å². The van der Waals surface area contributed by atoms with Gasteiger partial charge in [-0.3, -0.25) is 9.59 Å². The summed E-state index contributed by atoms with van der Waals surface area (Å²) >= 11 is 0. The lowest BCUT2D eigenvalue weighted by Gasteiger charge is -2.33. The van der Waals surface area contributed by atoms with E-state index in [1.807, 2.05) is 38.8 Å². The normalized spacial score (nSPS) is 21.3. The van der Waals surface area contributed by atoms with Crippen LogP contribution in [0.15, 0.2) is 97.5 Å². The number of methoxy groups -OCH3 is 2. The third-order valence-electron chi connectivity index (χ3n) is 14.4. The van der Waals surface area contributed by atoms with E-state index in [1.165, 1.54) is 49.4 Å². The average molecular weight is 940 g/mol. The molecule has 3 aromatic carbocycles. The number of carbonyl (C=O) groups is 4. The monoisotopic (exact) mass is 940 g/mol. The third kappa shape index (κ3) is 10.8. The van der Waals surface area contributed by atoms with E-state index in [4.69, 9.17) is 20.2 Å². The fourth-order valence-corrected chi connectivity index (χ4v) is 10.4. The molecule has 3 aliphatic heterocycles. The van der Waals surface area contributed by atoms with Gasteiger partial charge in [-0.15, -0.1) is 0 Å². The lowest BCUT2D eigenvalue weighted by atomic mass is 10.0. The van der Waals surface area contributed by atoms with Gasteiger partial charge in [0.1, 0.15) is 17.9 Å². The van der Waals surface area contributed by atoms with Crippen LogP contribution in [0.3, 0.4) is 0 Å². The van der Waals surface area contributed by atoms with Crippen molar-refractivity contribution in [3.63, 3.8) is 0 Å². The van der Waals surface area contributed by atoms with Gasteiger partial charge in [-0.1, -0.05) is 94.9 Å². The van der Waals surface area contributed by atoms with Gasteiger partial charge in [-0.2, -0.15) is 0 Å². The van der Waals surface area contributed by atoms with Gasteiger partial charge in [0.05, 0.1) is 49.8 Å². The van der Waals surface area contributed by atoms with Crippen LogP contribution >= 0.6 is 0 Å². The largest absolute Gasteiger partial charge is 0.453 e. The number of hydrogen-bond acceptors (Lipinski definition) is 10. The Bertz CT molecular complexity index is 2500. The lowest BCUT2D eigenvalue weighted by Crippen LogP contribution is -2.53.